The number of nitrogens with one attached hydrogen (secondary N) is 1. The van der Waals surface area contributed by atoms with Gasteiger partial charge in [-0.2, -0.15) is 0 Å². The number of anilines is 1. The zero-order valence-corrected chi connectivity index (χ0v) is 17.9. The monoisotopic (exact) mass is 419 g/mol. The molecule has 0 saturated carbocycles. The van der Waals surface area contributed by atoms with Crippen molar-refractivity contribution in [2.24, 2.45) is 0 Å². The van der Waals surface area contributed by atoms with Crippen LogP contribution in [-0.2, 0) is 5.75 Å². The second kappa shape index (κ2) is 10.1. The molecule has 1 aromatic heterocycles. The molecule has 0 bridgehead atoms. The van der Waals surface area contributed by atoms with Gasteiger partial charge in [-0.1, -0.05) is 35.5 Å². The van der Waals surface area contributed by atoms with Gasteiger partial charge >= 0.3 is 0 Å². The Labute approximate surface area is 175 Å². The number of aromatic nitrogens is 2. The minimum absolute atomic E-state index is 0.0278. The van der Waals surface area contributed by atoms with Crippen LogP contribution in [0.3, 0.4) is 0 Å². The molecule has 1 aliphatic heterocycles. The van der Waals surface area contributed by atoms with Crippen molar-refractivity contribution in [3.8, 4) is 0 Å². The summed E-state index contributed by atoms with van der Waals surface area (Å²) in [7, 11) is 3.83. The second-order valence-electron chi connectivity index (χ2n) is 7.02. The van der Waals surface area contributed by atoms with Crippen LogP contribution in [0.2, 0.25) is 5.15 Å². The standard InChI is InChI=1S/C20H26ClN5OS/c1-25(2)18-13-17(21)23-20(24-18)28-14-15-6-5-7-16(12-15)19(27)22-8-11-26-9-3-4-10-26/h5-7,12-13H,3-4,8-11,14H2,1-2H3,(H,22,27). The highest BCUT2D eigenvalue weighted by molar-refractivity contribution is 7.98. The molecule has 3 rings (SSSR count). The normalized spacial score (nSPS) is 14.2. The quantitative estimate of drug-likeness (QED) is 0.402. The van der Waals surface area contributed by atoms with E-state index >= 15 is 0 Å². The molecule has 2 heterocycles. The van der Waals surface area contributed by atoms with Crippen LogP contribution >= 0.6 is 23.4 Å². The number of halogens is 1. The number of rotatable bonds is 8. The van der Waals surface area contributed by atoms with Crippen LogP contribution in [0.25, 0.3) is 0 Å². The van der Waals surface area contributed by atoms with Gasteiger partial charge in [0.15, 0.2) is 5.16 Å². The molecule has 1 fully saturated rings. The fourth-order valence-electron chi connectivity index (χ4n) is 3.07. The van der Waals surface area contributed by atoms with E-state index < -0.39 is 0 Å². The molecule has 6 nitrogen and oxygen atoms in total. The number of benzene rings is 1. The molecule has 0 aliphatic carbocycles. The predicted molar refractivity (Wildman–Crippen MR) is 115 cm³/mol. The third kappa shape index (κ3) is 6.09. The maximum atomic E-state index is 12.4. The summed E-state index contributed by atoms with van der Waals surface area (Å²) in [5.74, 6) is 1.41. The van der Waals surface area contributed by atoms with Gasteiger partial charge < -0.3 is 15.1 Å². The lowest BCUT2D eigenvalue weighted by Gasteiger charge is -2.15. The van der Waals surface area contributed by atoms with Crippen molar-refractivity contribution < 1.29 is 4.79 Å². The van der Waals surface area contributed by atoms with Crippen LogP contribution in [0.15, 0.2) is 35.5 Å². The number of hydrogen-bond donors (Lipinski definition) is 1. The van der Waals surface area contributed by atoms with E-state index in [0.717, 1.165) is 31.0 Å². The number of amides is 1. The molecule has 2 aromatic rings. The van der Waals surface area contributed by atoms with Crippen LogP contribution in [0.1, 0.15) is 28.8 Å². The molecule has 0 unspecified atom stereocenters. The Bertz CT molecular complexity index is 811. The number of carbonyl (C=O) groups is 1. The molecular weight excluding hydrogens is 394 g/mol. The van der Waals surface area contributed by atoms with E-state index in [0.29, 0.717) is 28.2 Å². The average Bonchev–Trinajstić information content (AvgIpc) is 3.19. The Morgan fingerprint density at radius 2 is 2.04 bits per heavy atom. The fourth-order valence-corrected chi connectivity index (χ4v) is 4.09. The van der Waals surface area contributed by atoms with Crippen LogP contribution in [-0.4, -0.2) is 61.0 Å². The summed E-state index contributed by atoms with van der Waals surface area (Å²) in [5, 5.41) is 4.06. The van der Waals surface area contributed by atoms with Gasteiger partial charge in [-0.05, 0) is 43.6 Å². The third-order valence-corrected chi connectivity index (χ3v) is 5.70. The van der Waals surface area contributed by atoms with E-state index in [-0.39, 0.29) is 5.91 Å². The Balaban J connectivity index is 1.55. The van der Waals surface area contributed by atoms with E-state index in [1.54, 1.807) is 6.07 Å². The molecule has 0 spiro atoms. The minimum Gasteiger partial charge on any atom is -0.363 e. The molecule has 1 saturated heterocycles. The van der Waals surface area contributed by atoms with Crippen LogP contribution in [0.4, 0.5) is 5.82 Å². The van der Waals surface area contributed by atoms with Crippen molar-refractivity contribution in [2.75, 3.05) is 45.2 Å². The van der Waals surface area contributed by atoms with Gasteiger partial charge in [0.1, 0.15) is 11.0 Å². The zero-order valence-electron chi connectivity index (χ0n) is 16.3. The zero-order chi connectivity index (χ0) is 19.9. The minimum atomic E-state index is -0.0278. The summed E-state index contributed by atoms with van der Waals surface area (Å²) in [6.07, 6.45) is 2.53. The molecule has 1 aromatic carbocycles. The van der Waals surface area contributed by atoms with E-state index in [1.165, 1.54) is 24.6 Å². The SMILES string of the molecule is CN(C)c1cc(Cl)nc(SCc2cccc(C(=O)NCCN3CCCC3)c2)n1. The number of nitrogens with zero attached hydrogens (tertiary/aromatic N) is 4. The maximum absolute atomic E-state index is 12.4. The number of hydrogen-bond acceptors (Lipinski definition) is 6. The first-order chi connectivity index (χ1) is 13.5. The Hall–Kier alpha value is -1.83. The Morgan fingerprint density at radius 3 is 2.79 bits per heavy atom. The molecule has 1 N–H and O–H groups in total. The molecule has 1 aliphatic rings. The highest BCUT2D eigenvalue weighted by Gasteiger charge is 2.12. The van der Waals surface area contributed by atoms with Crippen molar-refractivity contribution in [3.05, 3.63) is 46.6 Å². The van der Waals surface area contributed by atoms with E-state index in [4.69, 9.17) is 11.6 Å². The number of likely N-dealkylation sites (tertiary alicyclic amines) is 1. The Kier molecular flexibility index (Phi) is 7.53. The lowest BCUT2D eigenvalue weighted by atomic mass is 10.1. The molecule has 1 amide bonds. The van der Waals surface area contributed by atoms with Crippen LogP contribution < -0.4 is 10.2 Å². The van der Waals surface area contributed by atoms with Crippen molar-refractivity contribution in [1.82, 2.24) is 20.2 Å². The van der Waals surface area contributed by atoms with E-state index in [1.807, 2.05) is 43.3 Å². The first-order valence-corrected chi connectivity index (χ1v) is 10.8. The summed E-state index contributed by atoms with van der Waals surface area (Å²) in [5.41, 5.74) is 1.73. The Morgan fingerprint density at radius 1 is 1.25 bits per heavy atom. The molecule has 0 atom stereocenters. The number of thioether (sulfide) groups is 1. The van der Waals surface area contributed by atoms with Gasteiger partial charge in [-0.3, -0.25) is 4.79 Å². The summed E-state index contributed by atoms with van der Waals surface area (Å²) < 4.78 is 0. The van der Waals surface area contributed by atoms with E-state index in [9.17, 15) is 4.79 Å². The lowest BCUT2D eigenvalue weighted by molar-refractivity contribution is 0.0949. The summed E-state index contributed by atoms with van der Waals surface area (Å²) in [6.45, 7) is 3.89. The first kappa shape index (κ1) is 20.9. The van der Waals surface area contributed by atoms with Crippen molar-refractivity contribution >= 4 is 35.1 Å². The van der Waals surface area contributed by atoms with E-state index in [2.05, 4.69) is 20.2 Å². The highest BCUT2D eigenvalue weighted by atomic mass is 35.5. The fraction of sp³-hybridized carbons (Fsp3) is 0.450. The van der Waals surface area contributed by atoms with Gasteiger partial charge in [-0.25, -0.2) is 9.97 Å². The molecule has 8 heteroatoms. The van der Waals surface area contributed by atoms with Crippen LogP contribution in [0, 0.1) is 0 Å². The van der Waals surface area contributed by atoms with Crippen LogP contribution in [0.5, 0.6) is 0 Å². The lowest BCUT2D eigenvalue weighted by Crippen LogP contribution is -2.33. The molecular formula is C20H26ClN5OS. The van der Waals surface area contributed by atoms with Crippen molar-refractivity contribution in [3.63, 3.8) is 0 Å². The highest BCUT2D eigenvalue weighted by Crippen LogP contribution is 2.24. The topological polar surface area (TPSA) is 61.4 Å². The molecule has 28 heavy (non-hydrogen) atoms. The summed E-state index contributed by atoms with van der Waals surface area (Å²) >= 11 is 7.59. The first-order valence-electron chi connectivity index (χ1n) is 9.45. The summed E-state index contributed by atoms with van der Waals surface area (Å²) in [6, 6.07) is 9.43. The van der Waals surface area contributed by atoms with Gasteiger partial charge in [0, 0.05) is 44.6 Å². The van der Waals surface area contributed by atoms with Crippen molar-refractivity contribution in [2.45, 2.75) is 23.8 Å². The number of carbonyl (C=O) groups excluding carboxylic acids is 1. The van der Waals surface area contributed by atoms with Gasteiger partial charge in [0.05, 0.1) is 0 Å². The molecule has 150 valence electrons. The average molecular weight is 420 g/mol. The third-order valence-electron chi connectivity index (χ3n) is 4.59. The predicted octanol–water partition coefficient (Wildman–Crippen LogP) is 3.31. The second-order valence-corrected chi connectivity index (χ2v) is 8.35. The molecule has 0 radical (unpaired) electrons. The smallest absolute Gasteiger partial charge is 0.251 e. The van der Waals surface area contributed by atoms with Gasteiger partial charge in [0.25, 0.3) is 5.91 Å². The van der Waals surface area contributed by atoms with Gasteiger partial charge in [0.2, 0.25) is 0 Å². The maximum Gasteiger partial charge on any atom is 0.251 e. The van der Waals surface area contributed by atoms with Crippen molar-refractivity contribution in [1.29, 1.82) is 0 Å². The van der Waals surface area contributed by atoms with Gasteiger partial charge in [-0.15, -0.1) is 0 Å². The largest absolute Gasteiger partial charge is 0.363 e. The summed E-state index contributed by atoms with van der Waals surface area (Å²) in [4.78, 5) is 25.5.